The van der Waals surface area contributed by atoms with Gasteiger partial charge in [0.2, 0.25) is 0 Å². The van der Waals surface area contributed by atoms with Crippen LogP contribution in [0.15, 0.2) is 33.5 Å². The lowest BCUT2D eigenvalue weighted by molar-refractivity contribution is -0.145. The molecule has 1 aliphatic heterocycles. The van der Waals surface area contributed by atoms with E-state index in [1.807, 2.05) is 13.0 Å². The number of rotatable bonds is 3. The smallest absolute Gasteiger partial charge is 0.336 e. The van der Waals surface area contributed by atoms with Gasteiger partial charge in [-0.2, -0.15) is 0 Å². The number of benzene rings is 1. The van der Waals surface area contributed by atoms with Crippen LogP contribution < -0.4 is 10.4 Å². The molecule has 6 nitrogen and oxygen atoms in total. The van der Waals surface area contributed by atoms with E-state index in [0.717, 1.165) is 36.6 Å². The minimum atomic E-state index is -0.594. The topological polar surface area (TPSA) is 80.0 Å². The summed E-state index contributed by atoms with van der Waals surface area (Å²) in [7, 11) is 0. The van der Waals surface area contributed by atoms with Gasteiger partial charge in [0.15, 0.2) is 6.61 Å². The molecule has 1 amide bonds. The predicted molar refractivity (Wildman–Crippen MR) is 101 cm³/mol. The second kappa shape index (κ2) is 7.00. The molecule has 0 bridgehead atoms. The van der Waals surface area contributed by atoms with Crippen LogP contribution in [-0.4, -0.2) is 41.2 Å². The Morgan fingerprint density at radius 2 is 2.19 bits per heavy atom. The molecule has 1 N–H and O–H groups in total. The van der Waals surface area contributed by atoms with E-state index in [1.165, 1.54) is 6.07 Å². The quantitative estimate of drug-likeness (QED) is 0.839. The molecule has 0 spiro atoms. The van der Waals surface area contributed by atoms with Crippen LogP contribution in [0.4, 0.5) is 0 Å². The first-order valence-corrected chi connectivity index (χ1v) is 9.62. The lowest BCUT2D eigenvalue weighted by atomic mass is 9.71. The summed E-state index contributed by atoms with van der Waals surface area (Å²) in [6, 6.07) is 6.71. The fraction of sp³-hybridized carbons (Fsp3) is 0.524. The SMILES string of the molecule is Cc1cc(=O)oc2cc(OCC(=O)N3CC[C@]4(O)CCCC[C@@H]4C3)ccc12. The van der Waals surface area contributed by atoms with E-state index in [2.05, 4.69) is 0 Å². The van der Waals surface area contributed by atoms with Crippen molar-refractivity contribution in [2.75, 3.05) is 19.7 Å². The number of amides is 1. The molecule has 1 aliphatic carbocycles. The Balaban J connectivity index is 1.41. The predicted octanol–water partition coefficient (Wildman–Crippen LogP) is 2.63. The Morgan fingerprint density at radius 3 is 3.04 bits per heavy atom. The molecule has 2 aromatic rings. The fourth-order valence-electron chi connectivity index (χ4n) is 4.43. The van der Waals surface area contributed by atoms with Crippen LogP contribution in [0.5, 0.6) is 5.75 Å². The van der Waals surface area contributed by atoms with Crippen LogP contribution in [-0.2, 0) is 4.79 Å². The zero-order valence-electron chi connectivity index (χ0n) is 15.6. The Hall–Kier alpha value is -2.34. The maximum absolute atomic E-state index is 12.6. The molecule has 0 unspecified atom stereocenters. The molecule has 1 saturated heterocycles. The first-order chi connectivity index (χ1) is 12.9. The number of likely N-dealkylation sites (tertiary alicyclic amines) is 1. The Morgan fingerprint density at radius 1 is 1.33 bits per heavy atom. The number of hydrogen-bond donors (Lipinski definition) is 1. The molecular weight excluding hydrogens is 346 g/mol. The van der Waals surface area contributed by atoms with Gasteiger partial charge in [-0.3, -0.25) is 4.79 Å². The lowest BCUT2D eigenvalue weighted by Crippen LogP contribution is -2.55. The Labute approximate surface area is 157 Å². The zero-order valence-corrected chi connectivity index (χ0v) is 15.6. The highest BCUT2D eigenvalue weighted by Gasteiger charge is 2.43. The van der Waals surface area contributed by atoms with Crippen LogP contribution in [0.2, 0.25) is 0 Å². The van der Waals surface area contributed by atoms with Crippen molar-refractivity contribution >= 4 is 16.9 Å². The van der Waals surface area contributed by atoms with Gasteiger partial charge in [-0.25, -0.2) is 4.79 Å². The summed E-state index contributed by atoms with van der Waals surface area (Å²) in [4.78, 5) is 25.9. The van der Waals surface area contributed by atoms with Gasteiger partial charge in [0.05, 0.1) is 5.60 Å². The lowest BCUT2D eigenvalue weighted by Gasteiger charge is -2.47. The van der Waals surface area contributed by atoms with Gasteiger partial charge in [-0.1, -0.05) is 12.8 Å². The molecule has 27 heavy (non-hydrogen) atoms. The van der Waals surface area contributed by atoms with Crippen molar-refractivity contribution in [2.45, 2.75) is 44.6 Å². The molecule has 2 heterocycles. The van der Waals surface area contributed by atoms with Gasteiger partial charge in [0.1, 0.15) is 11.3 Å². The van der Waals surface area contributed by atoms with Crippen molar-refractivity contribution in [3.63, 3.8) is 0 Å². The van der Waals surface area contributed by atoms with Crippen molar-refractivity contribution in [3.8, 4) is 5.75 Å². The van der Waals surface area contributed by atoms with Gasteiger partial charge in [0, 0.05) is 36.5 Å². The van der Waals surface area contributed by atoms with E-state index in [4.69, 9.17) is 9.15 Å². The highest BCUT2D eigenvalue weighted by atomic mass is 16.5. The first kappa shape index (κ1) is 18.0. The van der Waals surface area contributed by atoms with E-state index in [9.17, 15) is 14.7 Å². The largest absolute Gasteiger partial charge is 0.484 e. The minimum Gasteiger partial charge on any atom is -0.484 e. The van der Waals surface area contributed by atoms with Crippen molar-refractivity contribution < 1.29 is 19.1 Å². The second-order valence-corrected chi connectivity index (χ2v) is 7.83. The summed E-state index contributed by atoms with van der Waals surface area (Å²) >= 11 is 0. The number of aryl methyl sites for hydroxylation is 1. The Bertz CT molecular complexity index is 920. The van der Waals surface area contributed by atoms with Gasteiger partial charge in [0.25, 0.3) is 5.91 Å². The van der Waals surface area contributed by atoms with Gasteiger partial charge in [-0.15, -0.1) is 0 Å². The normalized spacial score (nSPS) is 25.3. The molecule has 2 fully saturated rings. The number of piperidine rings is 1. The molecule has 2 atom stereocenters. The van der Waals surface area contributed by atoms with Crippen molar-refractivity contribution in [3.05, 3.63) is 40.2 Å². The molecule has 6 heteroatoms. The van der Waals surface area contributed by atoms with Crippen LogP contribution in [0.25, 0.3) is 11.0 Å². The fourth-order valence-corrected chi connectivity index (χ4v) is 4.43. The average molecular weight is 371 g/mol. The van der Waals surface area contributed by atoms with Crippen molar-refractivity contribution in [2.24, 2.45) is 5.92 Å². The van der Waals surface area contributed by atoms with E-state index >= 15 is 0 Å². The average Bonchev–Trinajstić information content (AvgIpc) is 2.64. The standard InChI is InChI=1S/C21H25NO5/c1-14-10-20(24)27-18-11-16(5-6-17(14)18)26-13-19(23)22-9-8-21(25)7-3-2-4-15(21)12-22/h5-6,10-11,15,25H,2-4,7-9,12-13H2,1H3/t15-,21-/m1/s1. The number of nitrogens with zero attached hydrogens (tertiary/aromatic N) is 1. The second-order valence-electron chi connectivity index (χ2n) is 7.83. The van der Waals surface area contributed by atoms with E-state index in [1.54, 1.807) is 17.0 Å². The minimum absolute atomic E-state index is 0.0628. The molecule has 1 aromatic carbocycles. The summed E-state index contributed by atoms with van der Waals surface area (Å²) < 4.78 is 10.9. The van der Waals surface area contributed by atoms with Gasteiger partial charge < -0.3 is 19.2 Å². The molecule has 4 rings (SSSR count). The van der Waals surface area contributed by atoms with Gasteiger partial charge >= 0.3 is 5.63 Å². The van der Waals surface area contributed by atoms with E-state index in [-0.39, 0.29) is 18.4 Å². The van der Waals surface area contributed by atoms with Crippen molar-refractivity contribution in [1.82, 2.24) is 4.90 Å². The number of carbonyl (C=O) groups excluding carboxylic acids is 1. The van der Waals surface area contributed by atoms with Crippen molar-refractivity contribution in [1.29, 1.82) is 0 Å². The summed E-state index contributed by atoms with van der Waals surface area (Å²) in [6.07, 6.45) is 4.65. The molecule has 0 radical (unpaired) electrons. The summed E-state index contributed by atoms with van der Waals surface area (Å²) in [5, 5.41) is 11.6. The van der Waals surface area contributed by atoms with E-state index < -0.39 is 11.2 Å². The Kier molecular flexibility index (Phi) is 4.68. The number of fused-ring (bicyclic) bond motifs is 2. The molecular formula is C21H25NO5. The summed E-state index contributed by atoms with van der Waals surface area (Å²) in [5.41, 5.74) is 0.303. The van der Waals surface area contributed by atoms with Crippen LogP contribution in [0, 0.1) is 12.8 Å². The van der Waals surface area contributed by atoms with E-state index in [0.29, 0.717) is 30.8 Å². The zero-order chi connectivity index (χ0) is 19.0. The van der Waals surface area contributed by atoms with Crippen LogP contribution in [0.3, 0.4) is 0 Å². The molecule has 1 aromatic heterocycles. The molecule has 2 aliphatic rings. The summed E-state index contributed by atoms with van der Waals surface area (Å²) in [5.74, 6) is 0.589. The number of aliphatic hydroxyl groups is 1. The summed E-state index contributed by atoms with van der Waals surface area (Å²) in [6.45, 7) is 2.96. The highest BCUT2D eigenvalue weighted by Crippen LogP contribution is 2.39. The first-order valence-electron chi connectivity index (χ1n) is 9.62. The number of carbonyl (C=O) groups is 1. The molecule has 1 saturated carbocycles. The van der Waals surface area contributed by atoms with Gasteiger partial charge in [-0.05, 0) is 43.9 Å². The molecule has 144 valence electrons. The number of ether oxygens (including phenoxy) is 1. The monoisotopic (exact) mass is 371 g/mol. The highest BCUT2D eigenvalue weighted by molar-refractivity contribution is 5.81. The third-order valence-corrected chi connectivity index (χ3v) is 6.07. The number of hydrogen-bond acceptors (Lipinski definition) is 5. The maximum atomic E-state index is 12.6. The third-order valence-electron chi connectivity index (χ3n) is 6.07. The maximum Gasteiger partial charge on any atom is 0.336 e. The van der Waals surface area contributed by atoms with Crippen LogP contribution >= 0.6 is 0 Å². The van der Waals surface area contributed by atoms with Crippen LogP contribution in [0.1, 0.15) is 37.7 Å². The third kappa shape index (κ3) is 3.58.